The van der Waals surface area contributed by atoms with Gasteiger partial charge in [-0.05, 0) is 49.5 Å². The van der Waals surface area contributed by atoms with Crippen LogP contribution in [-0.4, -0.2) is 9.97 Å². The standard InChI is InChI=1S/C40H26N2/c1-3-14-27(15-4-1)37-26-38(28-16-5-2-6-17-28)42-40(41-37)36-23-12-10-21-32(36)35-25-13-24-34-31-19-8-7-18-29(31)30-20-9-11-22-33(30)39(34)35/h1-26H. The Morgan fingerprint density at radius 1 is 0.310 bits per heavy atom. The van der Waals surface area contributed by atoms with Crippen LogP contribution in [0.2, 0.25) is 0 Å². The first-order valence-corrected chi connectivity index (χ1v) is 14.3. The van der Waals surface area contributed by atoms with Crippen LogP contribution in [0.5, 0.6) is 0 Å². The second-order valence-corrected chi connectivity index (χ2v) is 10.6. The molecule has 0 amide bonds. The third-order valence-corrected chi connectivity index (χ3v) is 8.09. The average molecular weight is 535 g/mol. The lowest BCUT2D eigenvalue weighted by molar-refractivity contribution is 1.18. The van der Waals surface area contributed by atoms with Crippen molar-refractivity contribution in [2.75, 3.05) is 0 Å². The van der Waals surface area contributed by atoms with Crippen molar-refractivity contribution in [3.8, 4) is 45.0 Å². The number of fused-ring (bicyclic) bond motifs is 6. The Balaban J connectivity index is 1.43. The molecule has 0 fully saturated rings. The van der Waals surface area contributed by atoms with Gasteiger partial charge < -0.3 is 0 Å². The maximum atomic E-state index is 5.17. The first-order valence-electron chi connectivity index (χ1n) is 14.3. The predicted octanol–water partition coefficient (Wildman–Crippen LogP) is 10.6. The van der Waals surface area contributed by atoms with Crippen LogP contribution in [0.25, 0.3) is 77.3 Å². The van der Waals surface area contributed by atoms with E-state index in [1.165, 1.54) is 37.9 Å². The third kappa shape index (κ3) is 4.05. The van der Waals surface area contributed by atoms with Crippen molar-refractivity contribution >= 4 is 32.3 Å². The lowest BCUT2D eigenvalue weighted by atomic mass is 9.88. The zero-order valence-electron chi connectivity index (χ0n) is 22.9. The highest BCUT2D eigenvalue weighted by Crippen LogP contribution is 2.42. The highest BCUT2D eigenvalue weighted by atomic mass is 14.9. The Labute approximate surface area is 244 Å². The molecule has 0 saturated carbocycles. The SMILES string of the molecule is c1ccc(-c2cc(-c3ccccc3)nc(-c3ccccc3-c3cccc4c5ccccc5c5ccccc5c34)n2)cc1. The van der Waals surface area contributed by atoms with Crippen molar-refractivity contribution in [3.05, 3.63) is 158 Å². The molecule has 0 aliphatic heterocycles. The van der Waals surface area contributed by atoms with Crippen LogP contribution >= 0.6 is 0 Å². The lowest BCUT2D eigenvalue weighted by Gasteiger charge is -2.17. The minimum atomic E-state index is 0.716. The first kappa shape index (κ1) is 24.2. The van der Waals surface area contributed by atoms with Gasteiger partial charge in [-0.15, -0.1) is 0 Å². The first-order chi connectivity index (χ1) is 20.8. The Morgan fingerprint density at radius 2 is 0.714 bits per heavy atom. The number of rotatable bonds is 4. The molecule has 2 heteroatoms. The van der Waals surface area contributed by atoms with Crippen LogP contribution in [0.1, 0.15) is 0 Å². The Morgan fingerprint density at radius 3 is 1.29 bits per heavy atom. The molecule has 196 valence electrons. The zero-order valence-corrected chi connectivity index (χ0v) is 22.9. The molecular formula is C40H26N2. The van der Waals surface area contributed by atoms with E-state index in [0.29, 0.717) is 5.82 Å². The lowest BCUT2D eigenvalue weighted by Crippen LogP contribution is -1.97. The van der Waals surface area contributed by atoms with E-state index in [1.807, 2.05) is 12.1 Å². The number of hydrogen-bond donors (Lipinski definition) is 0. The van der Waals surface area contributed by atoms with Crippen LogP contribution in [0, 0.1) is 0 Å². The fourth-order valence-electron chi connectivity index (χ4n) is 6.17. The van der Waals surface area contributed by atoms with Crippen molar-refractivity contribution in [1.29, 1.82) is 0 Å². The van der Waals surface area contributed by atoms with Gasteiger partial charge in [0.05, 0.1) is 11.4 Å². The number of benzene rings is 7. The molecular weight excluding hydrogens is 508 g/mol. The summed E-state index contributed by atoms with van der Waals surface area (Å²) in [4.78, 5) is 10.3. The van der Waals surface area contributed by atoms with Gasteiger partial charge in [0.2, 0.25) is 0 Å². The molecule has 1 aromatic heterocycles. The van der Waals surface area contributed by atoms with E-state index < -0.39 is 0 Å². The van der Waals surface area contributed by atoms with Crippen molar-refractivity contribution in [2.45, 2.75) is 0 Å². The predicted molar refractivity (Wildman–Crippen MR) is 176 cm³/mol. The van der Waals surface area contributed by atoms with E-state index in [-0.39, 0.29) is 0 Å². The van der Waals surface area contributed by atoms with Gasteiger partial charge >= 0.3 is 0 Å². The molecule has 42 heavy (non-hydrogen) atoms. The zero-order chi connectivity index (χ0) is 27.9. The molecule has 0 aliphatic carbocycles. The van der Waals surface area contributed by atoms with E-state index in [0.717, 1.165) is 33.6 Å². The van der Waals surface area contributed by atoms with E-state index in [1.54, 1.807) is 0 Å². The highest BCUT2D eigenvalue weighted by Gasteiger charge is 2.18. The smallest absolute Gasteiger partial charge is 0.161 e. The summed E-state index contributed by atoms with van der Waals surface area (Å²) in [6.07, 6.45) is 0. The summed E-state index contributed by atoms with van der Waals surface area (Å²) >= 11 is 0. The minimum Gasteiger partial charge on any atom is -0.228 e. The summed E-state index contributed by atoms with van der Waals surface area (Å²) in [6.45, 7) is 0. The molecule has 0 N–H and O–H groups in total. The van der Waals surface area contributed by atoms with Crippen LogP contribution in [0.3, 0.4) is 0 Å². The van der Waals surface area contributed by atoms with Gasteiger partial charge in [-0.2, -0.15) is 0 Å². The van der Waals surface area contributed by atoms with Gasteiger partial charge in [0.15, 0.2) is 5.82 Å². The van der Waals surface area contributed by atoms with Gasteiger partial charge in [-0.1, -0.05) is 152 Å². The van der Waals surface area contributed by atoms with E-state index >= 15 is 0 Å². The Bertz CT molecular complexity index is 2130. The van der Waals surface area contributed by atoms with Crippen molar-refractivity contribution in [1.82, 2.24) is 9.97 Å². The molecule has 0 saturated heterocycles. The van der Waals surface area contributed by atoms with Gasteiger partial charge in [0, 0.05) is 16.7 Å². The molecule has 1 heterocycles. The van der Waals surface area contributed by atoms with Crippen LogP contribution in [0.4, 0.5) is 0 Å². The molecule has 8 aromatic rings. The molecule has 0 unspecified atom stereocenters. The number of aromatic nitrogens is 2. The number of nitrogens with zero attached hydrogens (tertiary/aromatic N) is 2. The monoisotopic (exact) mass is 534 g/mol. The van der Waals surface area contributed by atoms with Crippen LogP contribution in [0.15, 0.2) is 158 Å². The fourth-order valence-corrected chi connectivity index (χ4v) is 6.17. The van der Waals surface area contributed by atoms with Crippen molar-refractivity contribution < 1.29 is 0 Å². The molecule has 0 spiro atoms. The minimum absolute atomic E-state index is 0.716. The van der Waals surface area contributed by atoms with Gasteiger partial charge in [-0.25, -0.2) is 9.97 Å². The van der Waals surface area contributed by atoms with E-state index in [9.17, 15) is 0 Å². The largest absolute Gasteiger partial charge is 0.228 e. The van der Waals surface area contributed by atoms with E-state index in [2.05, 4.69) is 146 Å². The molecule has 0 aliphatic rings. The summed E-state index contributed by atoms with van der Waals surface area (Å²) in [6, 6.07) is 55.5. The topological polar surface area (TPSA) is 25.8 Å². The average Bonchev–Trinajstić information content (AvgIpc) is 3.09. The molecule has 0 radical (unpaired) electrons. The molecule has 0 atom stereocenters. The summed E-state index contributed by atoms with van der Waals surface area (Å²) in [5.41, 5.74) is 7.26. The molecule has 2 nitrogen and oxygen atoms in total. The Kier molecular flexibility index (Phi) is 5.82. The second-order valence-electron chi connectivity index (χ2n) is 10.6. The fraction of sp³-hybridized carbons (Fsp3) is 0. The maximum absolute atomic E-state index is 5.17. The Hall–Kier alpha value is -5.60. The van der Waals surface area contributed by atoms with Crippen molar-refractivity contribution in [2.24, 2.45) is 0 Å². The van der Waals surface area contributed by atoms with Crippen LogP contribution < -0.4 is 0 Å². The van der Waals surface area contributed by atoms with Crippen molar-refractivity contribution in [3.63, 3.8) is 0 Å². The van der Waals surface area contributed by atoms with Crippen LogP contribution in [-0.2, 0) is 0 Å². The summed E-state index contributed by atoms with van der Waals surface area (Å²) in [5.74, 6) is 0.716. The summed E-state index contributed by atoms with van der Waals surface area (Å²) < 4.78 is 0. The number of hydrogen-bond acceptors (Lipinski definition) is 2. The summed E-state index contributed by atoms with van der Waals surface area (Å²) in [5, 5.41) is 7.55. The summed E-state index contributed by atoms with van der Waals surface area (Å²) in [7, 11) is 0. The molecule has 0 bridgehead atoms. The second kappa shape index (κ2) is 10.1. The van der Waals surface area contributed by atoms with E-state index in [4.69, 9.17) is 9.97 Å². The normalized spacial score (nSPS) is 11.3. The van der Waals surface area contributed by atoms with Gasteiger partial charge in [0.25, 0.3) is 0 Å². The molecule has 8 rings (SSSR count). The van der Waals surface area contributed by atoms with Gasteiger partial charge in [-0.3, -0.25) is 0 Å². The highest BCUT2D eigenvalue weighted by molar-refractivity contribution is 6.28. The molecule has 7 aromatic carbocycles. The quantitative estimate of drug-likeness (QED) is 0.210. The maximum Gasteiger partial charge on any atom is 0.161 e. The third-order valence-electron chi connectivity index (χ3n) is 8.09. The van der Waals surface area contributed by atoms with Gasteiger partial charge in [0.1, 0.15) is 0 Å².